The summed E-state index contributed by atoms with van der Waals surface area (Å²) >= 11 is 0. The molecule has 0 radical (unpaired) electrons. The molecule has 0 N–H and O–H groups in total. The lowest BCUT2D eigenvalue weighted by Crippen LogP contribution is -2.51. The molecule has 6 aromatic carbocycles. The molecule has 74 heavy (non-hydrogen) atoms. The second kappa shape index (κ2) is 26.3. The van der Waals surface area contributed by atoms with Crippen LogP contribution in [0.15, 0.2) is 211 Å². The van der Waals surface area contributed by atoms with Gasteiger partial charge >= 0.3 is 22.4 Å². The topological polar surface area (TPSA) is 167 Å². The third kappa shape index (κ3) is 16.0. The summed E-state index contributed by atoms with van der Waals surface area (Å²) in [6.45, 7) is -1.62. The molecule has 18 heteroatoms. The number of carbonyl (C=O) groups is 2. The van der Waals surface area contributed by atoms with Gasteiger partial charge in [-0.2, -0.15) is 17.6 Å². The average molecular weight is 1100 g/mol. The van der Waals surface area contributed by atoms with Crippen LogP contribution in [0.25, 0.3) is 0 Å². The largest absolute Gasteiger partial charge is 0.743 e. The molecule has 0 aromatic heterocycles. The molecule has 0 unspecified atom stereocenters. The average Bonchev–Trinajstić information content (AvgIpc) is 3.38. The van der Waals surface area contributed by atoms with Crippen LogP contribution in [0.3, 0.4) is 0 Å². The summed E-state index contributed by atoms with van der Waals surface area (Å²) in [6, 6.07) is 64.3. The second-order valence-electron chi connectivity index (χ2n) is 18.2. The van der Waals surface area contributed by atoms with E-state index in [0.717, 1.165) is 19.3 Å². The van der Waals surface area contributed by atoms with Crippen molar-refractivity contribution in [3.63, 3.8) is 0 Å². The molecule has 4 saturated carbocycles. The molecule has 0 heterocycles. The van der Waals surface area contributed by atoms with Crippen molar-refractivity contribution in [2.75, 3.05) is 13.2 Å². The SMILES string of the molecule is CCCCC(=O)OCC(F)(F)S(=O)(=O)[O-].O=C(OCC(F)(F)S(=O)(=O)[O-])C12CC3CC(CC(C3)C1)C2.c1ccc([S+](c2ccccc2)c2ccccc2)cc1.c1ccc([S+](c2ccccc2)c2ccccc2)cc1. The second-order valence-corrected chi connectivity index (χ2v) is 25.3. The van der Waals surface area contributed by atoms with E-state index in [-0.39, 0.29) is 28.2 Å². The zero-order chi connectivity index (χ0) is 53.4. The number of benzene rings is 6. The third-order valence-corrected chi connectivity index (χ3v) is 18.7. The summed E-state index contributed by atoms with van der Waals surface area (Å²) in [7, 11) is -11.6. The zero-order valence-corrected chi connectivity index (χ0v) is 43.8. The standard InChI is InChI=1S/2C18H15S.C13H18F2O5S.C7H12F2O5S/c2*1-4-10-16(11-5-1)19(17-12-6-2-7-13-17)18-14-8-3-9-15-18;14-13(15,21(17,18)19)7-20-11(16)12-4-8-1-9(5-12)3-10(2-8)6-12;1-2-3-4-6(10)14-5-7(8,9)15(11,12)13/h2*1-15H;8-10H,1-7H2,(H,17,18,19);2-5H2,1H3,(H,11,12,13)/q2*+1;;/p-2. The maximum Gasteiger partial charge on any atom is 0.367 e. The van der Waals surface area contributed by atoms with E-state index in [0.29, 0.717) is 49.9 Å². The molecule has 0 atom stereocenters. The Labute approximate surface area is 437 Å². The van der Waals surface area contributed by atoms with E-state index >= 15 is 0 Å². The van der Waals surface area contributed by atoms with Crippen LogP contribution in [0.2, 0.25) is 0 Å². The van der Waals surface area contributed by atoms with Gasteiger partial charge in [0.2, 0.25) is 0 Å². The summed E-state index contributed by atoms with van der Waals surface area (Å²) in [5.41, 5.74) is -0.739. The van der Waals surface area contributed by atoms with Gasteiger partial charge in [-0.15, -0.1) is 0 Å². The number of hydrogen-bond acceptors (Lipinski definition) is 10. The minimum Gasteiger partial charge on any atom is -0.743 e. The Bertz CT molecular complexity index is 2570. The van der Waals surface area contributed by atoms with Crippen LogP contribution in [-0.2, 0) is 61.1 Å². The maximum atomic E-state index is 13.1. The quantitative estimate of drug-likeness (QED) is 0.0394. The van der Waals surface area contributed by atoms with Crippen LogP contribution in [0.5, 0.6) is 0 Å². The molecule has 4 fully saturated rings. The van der Waals surface area contributed by atoms with Crippen molar-refractivity contribution < 1.29 is 62.6 Å². The molecule has 10 nitrogen and oxygen atoms in total. The van der Waals surface area contributed by atoms with Gasteiger partial charge in [0, 0.05) is 6.42 Å². The Balaban J connectivity index is 0.000000162. The number of esters is 2. The highest BCUT2D eigenvalue weighted by Crippen LogP contribution is 2.60. The number of alkyl halides is 4. The van der Waals surface area contributed by atoms with Gasteiger partial charge in [0.1, 0.15) is 0 Å². The lowest BCUT2D eigenvalue weighted by molar-refractivity contribution is -0.176. The van der Waals surface area contributed by atoms with Gasteiger partial charge in [-0.3, -0.25) is 9.59 Å². The minimum atomic E-state index is -5.81. The van der Waals surface area contributed by atoms with Gasteiger partial charge < -0.3 is 18.6 Å². The Morgan fingerprint density at radius 1 is 0.500 bits per heavy atom. The zero-order valence-electron chi connectivity index (χ0n) is 40.6. The molecule has 0 amide bonds. The van der Waals surface area contributed by atoms with Crippen LogP contribution >= 0.6 is 0 Å². The molecule has 4 aliphatic carbocycles. The van der Waals surface area contributed by atoms with Gasteiger partial charge in [0.25, 0.3) is 0 Å². The van der Waals surface area contributed by atoms with Gasteiger partial charge in [-0.25, -0.2) is 16.8 Å². The monoisotopic (exact) mass is 1090 g/mol. The van der Waals surface area contributed by atoms with Crippen molar-refractivity contribution in [1.82, 2.24) is 0 Å². The van der Waals surface area contributed by atoms with Crippen molar-refractivity contribution in [3.8, 4) is 0 Å². The Morgan fingerprint density at radius 2 is 0.757 bits per heavy atom. The number of halogens is 4. The number of hydrogen-bond donors (Lipinski definition) is 0. The van der Waals surface area contributed by atoms with Crippen molar-refractivity contribution in [1.29, 1.82) is 0 Å². The van der Waals surface area contributed by atoms with Crippen LogP contribution in [0.1, 0.15) is 64.7 Å². The molecule has 0 spiro atoms. The normalized spacial score (nSPS) is 18.9. The summed E-state index contributed by atoms with van der Waals surface area (Å²) < 4.78 is 121. The number of rotatable bonds is 16. The summed E-state index contributed by atoms with van der Waals surface area (Å²) in [4.78, 5) is 31.1. The van der Waals surface area contributed by atoms with E-state index in [4.69, 9.17) is 0 Å². The summed E-state index contributed by atoms with van der Waals surface area (Å²) in [5.74, 6) is -0.391. The van der Waals surface area contributed by atoms with Gasteiger partial charge in [-0.05, 0) is 135 Å². The van der Waals surface area contributed by atoms with Crippen molar-refractivity contribution >= 4 is 54.0 Å². The van der Waals surface area contributed by atoms with Gasteiger partial charge in [0.05, 0.1) is 27.2 Å². The van der Waals surface area contributed by atoms with Crippen LogP contribution < -0.4 is 0 Å². The summed E-state index contributed by atoms with van der Waals surface area (Å²) in [5, 5.41) is -9.13. The molecular formula is C56H58F4O10S4. The first-order chi connectivity index (χ1) is 35.2. The van der Waals surface area contributed by atoms with Crippen molar-refractivity contribution in [2.24, 2.45) is 23.2 Å². The van der Waals surface area contributed by atoms with Crippen molar-refractivity contribution in [3.05, 3.63) is 182 Å². The highest BCUT2D eigenvalue weighted by Gasteiger charge is 2.56. The minimum absolute atomic E-state index is 0.0146. The third-order valence-electron chi connectivity index (χ3n) is 12.6. The first-order valence-corrected chi connectivity index (χ1v) is 29.3. The van der Waals surface area contributed by atoms with Crippen LogP contribution in [0.4, 0.5) is 17.6 Å². The van der Waals surface area contributed by atoms with E-state index < -0.39 is 61.3 Å². The number of unbranched alkanes of at least 4 members (excludes halogenated alkanes) is 1. The fourth-order valence-electron chi connectivity index (χ4n) is 9.52. The molecule has 4 aliphatic rings. The van der Waals surface area contributed by atoms with Gasteiger partial charge in [0.15, 0.2) is 62.8 Å². The number of ether oxygens (including phenoxy) is 2. The Kier molecular flexibility index (Phi) is 20.5. The van der Waals surface area contributed by atoms with E-state index in [2.05, 4.69) is 191 Å². The van der Waals surface area contributed by atoms with E-state index in [9.17, 15) is 53.1 Å². The van der Waals surface area contributed by atoms with Crippen LogP contribution in [-0.4, -0.2) is 61.6 Å². The fourth-order valence-corrected chi connectivity index (χ4v) is 14.1. The van der Waals surface area contributed by atoms with E-state index in [1.54, 1.807) is 6.92 Å². The van der Waals surface area contributed by atoms with E-state index in [1.165, 1.54) is 29.4 Å². The molecule has 0 aliphatic heterocycles. The Morgan fingerprint density at radius 3 is 1.00 bits per heavy atom. The molecule has 0 saturated heterocycles. The molecular weight excluding hydrogens is 1040 g/mol. The van der Waals surface area contributed by atoms with Gasteiger partial charge in [-0.1, -0.05) is 123 Å². The van der Waals surface area contributed by atoms with Crippen molar-refractivity contribution in [2.45, 2.75) is 105 Å². The molecule has 4 bridgehead atoms. The summed E-state index contributed by atoms with van der Waals surface area (Å²) in [6.07, 6.45) is 6.19. The maximum absolute atomic E-state index is 13.1. The number of carbonyl (C=O) groups excluding carboxylic acids is 2. The first kappa shape index (κ1) is 57.8. The predicted octanol–water partition coefficient (Wildman–Crippen LogP) is 12.3. The fraction of sp³-hybridized carbons (Fsp3) is 0.321. The molecule has 6 aromatic rings. The lowest BCUT2D eigenvalue weighted by Gasteiger charge is -2.55. The molecule has 10 rings (SSSR count). The highest BCUT2D eigenvalue weighted by molar-refractivity contribution is 7.97. The lowest BCUT2D eigenvalue weighted by atomic mass is 9.49. The molecule has 394 valence electrons. The first-order valence-electron chi connectivity index (χ1n) is 24.0. The predicted molar refractivity (Wildman–Crippen MR) is 274 cm³/mol. The van der Waals surface area contributed by atoms with Crippen LogP contribution in [0, 0.1) is 23.2 Å². The highest BCUT2D eigenvalue weighted by atomic mass is 32.2. The smallest absolute Gasteiger partial charge is 0.367 e. The van der Waals surface area contributed by atoms with E-state index in [1.807, 2.05) is 0 Å². The Hall–Kier alpha value is -5.50.